The number of rotatable bonds is 6. The zero-order valence-corrected chi connectivity index (χ0v) is 14.5. The Balaban J connectivity index is 1.81. The highest BCUT2D eigenvalue weighted by molar-refractivity contribution is 8.01. The Bertz CT molecular complexity index is 622. The lowest BCUT2D eigenvalue weighted by atomic mass is 10.2. The summed E-state index contributed by atoms with van der Waals surface area (Å²) < 4.78 is 0.707. The fourth-order valence-electron chi connectivity index (χ4n) is 1.50. The molecule has 9 heteroatoms. The summed E-state index contributed by atoms with van der Waals surface area (Å²) in [6, 6.07) is 0. The summed E-state index contributed by atoms with van der Waals surface area (Å²) in [6.07, 6.45) is 0. The van der Waals surface area contributed by atoms with Crippen molar-refractivity contribution in [2.75, 3.05) is 11.5 Å². The molecule has 2 aromatic heterocycles. The maximum Gasteiger partial charge on any atom is 0.230 e. The lowest BCUT2D eigenvalue weighted by Crippen LogP contribution is -2.24. The van der Waals surface area contributed by atoms with Gasteiger partial charge in [0.2, 0.25) is 11.0 Å². The zero-order valence-electron chi connectivity index (χ0n) is 12.0. The van der Waals surface area contributed by atoms with E-state index in [0.29, 0.717) is 27.7 Å². The Morgan fingerprint density at radius 2 is 2.14 bits per heavy atom. The van der Waals surface area contributed by atoms with Gasteiger partial charge in [-0.25, -0.2) is 4.98 Å². The van der Waals surface area contributed by atoms with Gasteiger partial charge in [-0.05, 0) is 6.92 Å². The largest absolute Gasteiger partial charge is 0.374 e. The van der Waals surface area contributed by atoms with Crippen molar-refractivity contribution in [1.82, 2.24) is 20.5 Å². The lowest BCUT2D eigenvalue weighted by molar-refractivity contribution is -0.118. The quantitative estimate of drug-likeness (QED) is 0.782. The van der Waals surface area contributed by atoms with Crippen molar-refractivity contribution in [2.45, 2.75) is 37.6 Å². The van der Waals surface area contributed by atoms with Crippen molar-refractivity contribution in [3.05, 3.63) is 15.6 Å². The molecule has 3 N–H and O–H groups in total. The van der Waals surface area contributed by atoms with E-state index in [-0.39, 0.29) is 5.91 Å². The molecule has 0 saturated carbocycles. The molecule has 0 atom stereocenters. The first kappa shape index (κ1) is 16.2. The second kappa shape index (κ2) is 7.19. The van der Waals surface area contributed by atoms with Crippen LogP contribution in [0.2, 0.25) is 0 Å². The molecule has 0 aliphatic rings. The van der Waals surface area contributed by atoms with Crippen molar-refractivity contribution < 1.29 is 4.79 Å². The van der Waals surface area contributed by atoms with Crippen LogP contribution in [0.5, 0.6) is 0 Å². The molecular weight excluding hydrogens is 326 g/mol. The molecule has 1 amide bonds. The first-order valence-corrected chi connectivity index (χ1v) is 9.02. The smallest absolute Gasteiger partial charge is 0.230 e. The van der Waals surface area contributed by atoms with Gasteiger partial charge in [0.1, 0.15) is 0 Å². The topological polar surface area (TPSA) is 93.8 Å². The van der Waals surface area contributed by atoms with Crippen molar-refractivity contribution >= 4 is 45.5 Å². The third-order valence-corrected chi connectivity index (χ3v) is 5.94. The van der Waals surface area contributed by atoms with E-state index >= 15 is 0 Å². The number of aryl methyl sites for hydroxylation is 1. The van der Waals surface area contributed by atoms with Crippen LogP contribution in [-0.4, -0.2) is 26.8 Å². The molecule has 0 saturated heterocycles. The number of anilines is 1. The van der Waals surface area contributed by atoms with Gasteiger partial charge in [0.25, 0.3) is 0 Å². The van der Waals surface area contributed by atoms with Crippen LogP contribution in [0.15, 0.2) is 4.34 Å². The second-order valence-electron chi connectivity index (χ2n) is 4.69. The van der Waals surface area contributed by atoms with E-state index in [1.807, 2.05) is 6.92 Å². The summed E-state index contributed by atoms with van der Waals surface area (Å²) in [5, 5.41) is 12.0. The molecule has 114 valence electrons. The van der Waals surface area contributed by atoms with E-state index in [4.69, 9.17) is 5.73 Å². The highest BCUT2D eigenvalue weighted by atomic mass is 32.2. The minimum Gasteiger partial charge on any atom is -0.374 e. The van der Waals surface area contributed by atoms with Crippen molar-refractivity contribution in [2.24, 2.45) is 0 Å². The number of thioether (sulfide) groups is 1. The van der Waals surface area contributed by atoms with Crippen molar-refractivity contribution in [3.8, 4) is 0 Å². The number of hydrogen-bond acceptors (Lipinski definition) is 8. The molecule has 2 rings (SSSR count). The maximum atomic E-state index is 11.8. The van der Waals surface area contributed by atoms with E-state index in [0.717, 1.165) is 15.6 Å². The van der Waals surface area contributed by atoms with Gasteiger partial charge in [0.05, 0.1) is 23.0 Å². The number of amides is 1. The number of nitrogens with one attached hydrogen (secondary N) is 1. The fraction of sp³-hybridized carbons (Fsp3) is 0.500. The van der Waals surface area contributed by atoms with Crippen molar-refractivity contribution in [1.29, 1.82) is 0 Å². The van der Waals surface area contributed by atoms with Crippen LogP contribution in [0.25, 0.3) is 0 Å². The van der Waals surface area contributed by atoms with Gasteiger partial charge in [-0.1, -0.05) is 36.9 Å². The van der Waals surface area contributed by atoms with Crippen LogP contribution in [-0.2, 0) is 11.3 Å². The van der Waals surface area contributed by atoms with Crippen molar-refractivity contribution in [3.63, 3.8) is 0 Å². The highest BCUT2D eigenvalue weighted by Gasteiger charge is 2.12. The molecule has 21 heavy (non-hydrogen) atoms. The number of nitrogens with zero attached hydrogens (tertiary/aromatic N) is 3. The maximum absolute atomic E-state index is 11.8. The van der Waals surface area contributed by atoms with Gasteiger partial charge >= 0.3 is 0 Å². The summed E-state index contributed by atoms with van der Waals surface area (Å²) in [4.78, 5) is 17.5. The van der Waals surface area contributed by atoms with E-state index < -0.39 is 0 Å². The predicted molar refractivity (Wildman–Crippen MR) is 87.8 cm³/mol. The summed E-state index contributed by atoms with van der Waals surface area (Å²) in [5.41, 5.74) is 6.48. The molecule has 0 spiro atoms. The molecule has 0 aliphatic carbocycles. The fourth-order valence-corrected chi connectivity index (χ4v) is 3.97. The first-order chi connectivity index (χ1) is 9.95. The van der Waals surface area contributed by atoms with Crippen LogP contribution in [0.3, 0.4) is 0 Å². The third-order valence-electron chi connectivity index (χ3n) is 2.60. The van der Waals surface area contributed by atoms with Crippen LogP contribution in [0.4, 0.5) is 5.13 Å². The minimum atomic E-state index is -0.0346. The predicted octanol–water partition coefficient (Wildman–Crippen LogP) is 2.42. The number of nitrogen functional groups attached to an aromatic ring is 1. The molecule has 0 fully saturated rings. The normalized spacial score (nSPS) is 11.0. The van der Waals surface area contributed by atoms with E-state index in [1.165, 1.54) is 23.1 Å². The van der Waals surface area contributed by atoms with Crippen LogP contribution >= 0.6 is 34.4 Å². The van der Waals surface area contributed by atoms with E-state index in [1.54, 1.807) is 11.3 Å². The standard InChI is InChI=1S/C12H17N5OS3/c1-6(2)10-15-7(3)8(20-10)4-14-9(18)5-19-12-17-16-11(13)21-12/h6H,4-5H2,1-3H3,(H2,13,16)(H,14,18). The number of nitrogens with two attached hydrogens (primary N) is 1. The average Bonchev–Trinajstić information content (AvgIpc) is 3.00. The van der Waals surface area contributed by atoms with Crippen LogP contribution < -0.4 is 11.1 Å². The van der Waals surface area contributed by atoms with Gasteiger partial charge < -0.3 is 11.1 Å². The number of carbonyl (C=O) groups is 1. The molecule has 2 aromatic rings. The molecule has 0 aliphatic heterocycles. The Morgan fingerprint density at radius 3 is 2.71 bits per heavy atom. The Hall–Kier alpha value is -1.19. The summed E-state index contributed by atoms with van der Waals surface area (Å²) in [7, 11) is 0. The van der Waals surface area contributed by atoms with Crippen LogP contribution in [0, 0.1) is 6.92 Å². The summed E-state index contributed by atoms with van der Waals surface area (Å²) in [5.74, 6) is 0.688. The molecule has 0 radical (unpaired) electrons. The van der Waals surface area contributed by atoms with Gasteiger partial charge in [0, 0.05) is 10.8 Å². The van der Waals surface area contributed by atoms with E-state index in [2.05, 4.69) is 34.3 Å². The van der Waals surface area contributed by atoms with Gasteiger partial charge in [-0.2, -0.15) is 0 Å². The zero-order chi connectivity index (χ0) is 15.4. The number of thiazole rings is 1. The molecular formula is C12H17N5OS3. The highest BCUT2D eigenvalue weighted by Crippen LogP contribution is 2.25. The Morgan fingerprint density at radius 1 is 1.38 bits per heavy atom. The van der Waals surface area contributed by atoms with Crippen LogP contribution in [0.1, 0.15) is 35.3 Å². The molecule has 6 nitrogen and oxygen atoms in total. The first-order valence-electron chi connectivity index (χ1n) is 6.40. The molecule has 0 unspecified atom stereocenters. The molecule has 2 heterocycles. The lowest BCUT2D eigenvalue weighted by Gasteiger charge is -2.02. The monoisotopic (exact) mass is 343 g/mol. The van der Waals surface area contributed by atoms with Gasteiger partial charge in [0.15, 0.2) is 4.34 Å². The SMILES string of the molecule is Cc1nc(C(C)C)sc1CNC(=O)CSc1nnc(N)s1. The molecule has 0 bridgehead atoms. The minimum absolute atomic E-state index is 0.0346. The number of carbonyl (C=O) groups excluding carboxylic acids is 1. The number of hydrogen-bond donors (Lipinski definition) is 2. The second-order valence-corrected chi connectivity index (χ2v) is 8.03. The number of aromatic nitrogens is 3. The average molecular weight is 344 g/mol. The Labute approximate surface area is 135 Å². The van der Waals surface area contributed by atoms with Gasteiger partial charge in [-0.3, -0.25) is 4.79 Å². The summed E-state index contributed by atoms with van der Waals surface area (Å²) >= 11 is 4.28. The summed E-state index contributed by atoms with van der Waals surface area (Å²) in [6.45, 7) is 6.73. The van der Waals surface area contributed by atoms with E-state index in [9.17, 15) is 4.79 Å². The van der Waals surface area contributed by atoms with Gasteiger partial charge in [-0.15, -0.1) is 21.5 Å². The Kier molecular flexibility index (Phi) is 5.54. The molecule has 0 aromatic carbocycles. The third kappa shape index (κ3) is 4.65.